The van der Waals surface area contributed by atoms with Crippen molar-refractivity contribution in [2.45, 2.75) is 12.5 Å². The van der Waals surface area contributed by atoms with Crippen LogP contribution in [0.4, 0.5) is 5.69 Å². The second-order valence-electron chi connectivity index (χ2n) is 5.79. The molecule has 1 aromatic heterocycles. The Morgan fingerprint density at radius 2 is 2.12 bits per heavy atom. The van der Waals surface area contributed by atoms with E-state index in [0.717, 1.165) is 16.5 Å². The van der Waals surface area contributed by atoms with E-state index in [-0.39, 0.29) is 17.7 Å². The fraction of sp³-hybridized carbons (Fsp3) is 0.222. The lowest BCUT2D eigenvalue weighted by Crippen LogP contribution is -2.29. The van der Waals surface area contributed by atoms with Crippen molar-refractivity contribution in [3.8, 4) is 5.88 Å². The quantitative estimate of drug-likeness (QED) is 0.422. The normalized spacial score (nSPS) is 16.8. The number of halogens is 1. The predicted octanol–water partition coefficient (Wildman–Crippen LogP) is 3.45. The summed E-state index contributed by atoms with van der Waals surface area (Å²) in [6.07, 6.45) is 5.42. The number of aromatic nitrogens is 1. The number of nitro benzene ring substituents is 1. The Hall–Kier alpha value is -2.74. The number of carbonyl (C=O) groups excluding carboxylic acids is 1. The molecule has 26 heavy (non-hydrogen) atoms. The van der Waals surface area contributed by atoms with Gasteiger partial charge in [-0.05, 0) is 51.8 Å². The molecule has 1 amide bonds. The summed E-state index contributed by atoms with van der Waals surface area (Å²) in [6, 6.07) is 9.70. The molecule has 0 aliphatic carbocycles. The van der Waals surface area contributed by atoms with Crippen molar-refractivity contribution in [3.63, 3.8) is 0 Å². The van der Waals surface area contributed by atoms with Crippen LogP contribution in [0.3, 0.4) is 0 Å². The SMILES string of the molecule is O=C(/C=C/c1ccc([N+](=O)[O-])cc1)N1CCC(Oc2ncccc2Br)C1. The summed E-state index contributed by atoms with van der Waals surface area (Å²) >= 11 is 3.39. The Kier molecular flexibility index (Phi) is 5.62. The highest BCUT2D eigenvalue weighted by Crippen LogP contribution is 2.24. The van der Waals surface area contributed by atoms with Crippen LogP contribution >= 0.6 is 15.9 Å². The average molecular weight is 418 g/mol. The summed E-state index contributed by atoms with van der Waals surface area (Å²) in [5.41, 5.74) is 0.752. The summed E-state index contributed by atoms with van der Waals surface area (Å²) in [6.45, 7) is 1.10. The van der Waals surface area contributed by atoms with E-state index >= 15 is 0 Å². The highest BCUT2D eigenvalue weighted by Gasteiger charge is 2.27. The molecule has 134 valence electrons. The lowest BCUT2D eigenvalue weighted by atomic mass is 10.2. The number of carbonyl (C=O) groups is 1. The molecule has 2 heterocycles. The minimum absolute atomic E-state index is 0.0219. The average Bonchev–Trinajstić information content (AvgIpc) is 3.10. The van der Waals surface area contributed by atoms with Gasteiger partial charge in [-0.3, -0.25) is 14.9 Å². The summed E-state index contributed by atoms with van der Waals surface area (Å²) in [4.78, 5) is 28.4. The molecular weight excluding hydrogens is 402 g/mol. The maximum Gasteiger partial charge on any atom is 0.269 e. The first-order valence-corrected chi connectivity index (χ1v) is 8.81. The first-order valence-electron chi connectivity index (χ1n) is 8.01. The number of hydrogen-bond donors (Lipinski definition) is 0. The van der Waals surface area contributed by atoms with Crippen molar-refractivity contribution >= 4 is 33.6 Å². The minimum Gasteiger partial charge on any atom is -0.472 e. The van der Waals surface area contributed by atoms with E-state index in [1.54, 1.807) is 29.3 Å². The zero-order valence-corrected chi connectivity index (χ0v) is 15.3. The van der Waals surface area contributed by atoms with Crippen LogP contribution in [0.15, 0.2) is 53.1 Å². The fourth-order valence-electron chi connectivity index (χ4n) is 2.62. The number of non-ortho nitro benzene ring substituents is 1. The van der Waals surface area contributed by atoms with E-state index in [1.807, 2.05) is 12.1 Å². The fourth-order valence-corrected chi connectivity index (χ4v) is 2.97. The van der Waals surface area contributed by atoms with Crippen LogP contribution in [0, 0.1) is 10.1 Å². The Balaban J connectivity index is 1.55. The number of rotatable bonds is 5. The van der Waals surface area contributed by atoms with Gasteiger partial charge in [-0.1, -0.05) is 0 Å². The lowest BCUT2D eigenvalue weighted by Gasteiger charge is -2.15. The zero-order valence-electron chi connectivity index (χ0n) is 13.7. The van der Waals surface area contributed by atoms with Crippen molar-refractivity contribution in [3.05, 3.63) is 68.8 Å². The maximum absolute atomic E-state index is 12.3. The molecular formula is C18H16BrN3O4. The smallest absolute Gasteiger partial charge is 0.269 e. The monoisotopic (exact) mass is 417 g/mol. The Morgan fingerprint density at radius 3 is 2.81 bits per heavy atom. The molecule has 1 unspecified atom stereocenters. The maximum atomic E-state index is 12.3. The van der Waals surface area contributed by atoms with Crippen LogP contribution in [0.1, 0.15) is 12.0 Å². The van der Waals surface area contributed by atoms with Gasteiger partial charge in [-0.15, -0.1) is 0 Å². The van der Waals surface area contributed by atoms with Gasteiger partial charge < -0.3 is 9.64 Å². The van der Waals surface area contributed by atoms with E-state index in [2.05, 4.69) is 20.9 Å². The number of nitro groups is 1. The predicted molar refractivity (Wildman–Crippen MR) is 99.7 cm³/mol. The summed E-state index contributed by atoms with van der Waals surface area (Å²) < 4.78 is 6.63. The second kappa shape index (κ2) is 8.09. The molecule has 1 saturated heterocycles. The van der Waals surface area contributed by atoms with Crippen LogP contribution in [0.2, 0.25) is 0 Å². The van der Waals surface area contributed by atoms with Crippen molar-refractivity contribution in [2.75, 3.05) is 13.1 Å². The van der Waals surface area contributed by atoms with Crippen LogP contribution < -0.4 is 4.74 Å². The molecule has 1 atom stereocenters. The van der Waals surface area contributed by atoms with Crippen LogP contribution in [0.25, 0.3) is 6.08 Å². The van der Waals surface area contributed by atoms with E-state index in [1.165, 1.54) is 18.2 Å². The summed E-state index contributed by atoms with van der Waals surface area (Å²) in [5, 5.41) is 10.6. The minimum atomic E-state index is -0.455. The van der Waals surface area contributed by atoms with Crippen molar-refractivity contribution < 1.29 is 14.5 Å². The van der Waals surface area contributed by atoms with Gasteiger partial charge in [0.05, 0.1) is 15.9 Å². The molecule has 7 nitrogen and oxygen atoms in total. The van der Waals surface area contributed by atoms with Gasteiger partial charge in [0.2, 0.25) is 11.8 Å². The van der Waals surface area contributed by atoms with Gasteiger partial charge in [-0.2, -0.15) is 0 Å². The number of amides is 1. The van der Waals surface area contributed by atoms with E-state index in [9.17, 15) is 14.9 Å². The van der Waals surface area contributed by atoms with Gasteiger partial charge in [0.1, 0.15) is 6.10 Å². The Morgan fingerprint density at radius 1 is 1.35 bits per heavy atom. The zero-order chi connectivity index (χ0) is 18.5. The Bertz CT molecular complexity index is 839. The molecule has 0 bridgehead atoms. The molecule has 0 spiro atoms. The molecule has 1 aliphatic heterocycles. The Labute approximate surface area is 158 Å². The third kappa shape index (κ3) is 4.45. The molecule has 1 aliphatic rings. The van der Waals surface area contributed by atoms with Gasteiger partial charge in [0.15, 0.2) is 0 Å². The molecule has 1 aromatic carbocycles. The lowest BCUT2D eigenvalue weighted by molar-refractivity contribution is -0.384. The molecule has 1 fully saturated rings. The van der Waals surface area contributed by atoms with E-state index in [0.29, 0.717) is 19.0 Å². The largest absolute Gasteiger partial charge is 0.472 e. The number of nitrogens with zero attached hydrogens (tertiary/aromatic N) is 3. The number of pyridine rings is 1. The highest BCUT2D eigenvalue weighted by molar-refractivity contribution is 9.10. The first-order chi connectivity index (χ1) is 12.5. The third-order valence-electron chi connectivity index (χ3n) is 3.98. The van der Waals surface area contributed by atoms with Crippen LogP contribution in [-0.4, -0.2) is 39.9 Å². The molecule has 0 radical (unpaired) electrons. The molecule has 2 aromatic rings. The van der Waals surface area contributed by atoms with Gasteiger partial charge in [0.25, 0.3) is 5.69 Å². The van der Waals surface area contributed by atoms with Crippen LogP contribution in [0.5, 0.6) is 5.88 Å². The topological polar surface area (TPSA) is 85.6 Å². The number of ether oxygens (including phenoxy) is 1. The van der Waals surface area contributed by atoms with Gasteiger partial charge in [-0.25, -0.2) is 4.98 Å². The number of hydrogen-bond acceptors (Lipinski definition) is 5. The molecule has 0 saturated carbocycles. The molecule has 3 rings (SSSR count). The standard InChI is InChI=1S/C18H16BrN3O4/c19-16-2-1-10-20-18(16)26-15-9-11-21(12-15)17(23)8-5-13-3-6-14(7-4-13)22(24)25/h1-8,10,15H,9,11-12H2/b8-5+. The van der Waals surface area contributed by atoms with Crippen molar-refractivity contribution in [1.29, 1.82) is 0 Å². The van der Waals surface area contributed by atoms with Gasteiger partial charge in [0, 0.05) is 37.4 Å². The highest BCUT2D eigenvalue weighted by atomic mass is 79.9. The first kappa shape index (κ1) is 18.1. The summed E-state index contributed by atoms with van der Waals surface area (Å²) in [7, 11) is 0. The summed E-state index contributed by atoms with van der Waals surface area (Å²) in [5.74, 6) is 0.405. The van der Waals surface area contributed by atoms with Crippen molar-refractivity contribution in [2.24, 2.45) is 0 Å². The molecule has 8 heteroatoms. The second-order valence-corrected chi connectivity index (χ2v) is 6.64. The van der Waals surface area contributed by atoms with E-state index in [4.69, 9.17) is 4.74 Å². The third-order valence-corrected chi connectivity index (χ3v) is 4.59. The van der Waals surface area contributed by atoms with Crippen molar-refractivity contribution in [1.82, 2.24) is 9.88 Å². The number of benzene rings is 1. The molecule has 0 N–H and O–H groups in total. The van der Waals surface area contributed by atoms with E-state index < -0.39 is 4.92 Å². The van der Waals surface area contributed by atoms with Gasteiger partial charge >= 0.3 is 0 Å². The van der Waals surface area contributed by atoms with Crippen LogP contribution in [-0.2, 0) is 4.79 Å². The number of likely N-dealkylation sites (tertiary alicyclic amines) is 1.